The maximum absolute atomic E-state index is 14.6. The largest absolute Gasteiger partial charge is 0.394 e. The van der Waals surface area contributed by atoms with Gasteiger partial charge in [-0.05, 0) is 31.2 Å². The average Bonchev–Trinajstić information content (AvgIpc) is 3.57. The van der Waals surface area contributed by atoms with Crippen LogP contribution in [0.25, 0.3) is 0 Å². The summed E-state index contributed by atoms with van der Waals surface area (Å²) in [6.45, 7) is 13.5. The molecule has 4 rings (SSSR count). The van der Waals surface area contributed by atoms with Crippen LogP contribution >= 0.6 is 27.7 Å². The first kappa shape index (κ1) is 31.8. The first-order chi connectivity index (χ1) is 19.8. The number of fused-ring (bicyclic) bond motifs is 1. The number of unbranched alkanes of at least 4 members (excludes halogenated alkanes) is 1. The lowest BCUT2D eigenvalue weighted by atomic mass is 9.70. The number of benzene rings is 1. The van der Waals surface area contributed by atoms with Gasteiger partial charge >= 0.3 is 0 Å². The molecule has 3 aliphatic rings. The van der Waals surface area contributed by atoms with Crippen molar-refractivity contribution < 1.29 is 19.5 Å². The van der Waals surface area contributed by atoms with Gasteiger partial charge in [0.05, 0.1) is 29.2 Å². The van der Waals surface area contributed by atoms with Crippen molar-refractivity contribution >= 4 is 45.4 Å². The minimum atomic E-state index is -0.774. The van der Waals surface area contributed by atoms with Crippen molar-refractivity contribution in [2.45, 2.75) is 72.9 Å². The number of nitrogens with zero attached hydrogens (tertiary/aromatic N) is 3. The minimum Gasteiger partial charge on any atom is -0.394 e. The summed E-state index contributed by atoms with van der Waals surface area (Å²) in [5, 5.41) is 10.6. The highest BCUT2D eigenvalue weighted by Gasteiger charge is 2.76. The number of carbonyl (C=O) groups is 3. The molecule has 3 saturated heterocycles. The Kier molecular flexibility index (Phi) is 10.8. The van der Waals surface area contributed by atoms with Gasteiger partial charge in [-0.2, -0.15) is 0 Å². The Morgan fingerprint density at radius 1 is 1.12 bits per heavy atom. The van der Waals surface area contributed by atoms with Crippen LogP contribution in [0.4, 0.5) is 0 Å². The maximum atomic E-state index is 14.6. The quantitative estimate of drug-likeness (QED) is 0.227. The number of thioether (sulfide) groups is 1. The van der Waals surface area contributed by atoms with Crippen LogP contribution in [-0.2, 0) is 20.8 Å². The molecule has 3 amide bonds. The van der Waals surface area contributed by atoms with Crippen molar-refractivity contribution in [3.8, 4) is 0 Å². The fourth-order valence-electron chi connectivity index (χ4n) is 7.06. The van der Waals surface area contributed by atoms with E-state index in [0.29, 0.717) is 39.0 Å². The van der Waals surface area contributed by atoms with Gasteiger partial charge in [0.15, 0.2) is 0 Å². The molecule has 0 aliphatic carbocycles. The van der Waals surface area contributed by atoms with Gasteiger partial charge in [-0.3, -0.25) is 14.4 Å². The minimum absolute atomic E-state index is 0.00171. The zero-order chi connectivity index (χ0) is 29.7. The fourth-order valence-corrected chi connectivity index (χ4v) is 10.6. The zero-order valence-corrected chi connectivity index (χ0v) is 26.7. The molecule has 1 aromatic rings. The Morgan fingerprint density at radius 3 is 2.37 bits per heavy atom. The molecule has 3 fully saturated rings. The van der Waals surface area contributed by atoms with Gasteiger partial charge in [0.25, 0.3) is 0 Å². The van der Waals surface area contributed by atoms with Crippen LogP contribution in [-0.4, -0.2) is 97.2 Å². The van der Waals surface area contributed by atoms with Crippen LogP contribution in [0.5, 0.6) is 0 Å². The van der Waals surface area contributed by atoms with E-state index in [1.54, 1.807) is 33.7 Å². The van der Waals surface area contributed by atoms with Crippen molar-refractivity contribution in [2.75, 3.05) is 32.8 Å². The predicted octanol–water partition coefficient (Wildman–Crippen LogP) is 4.29. The summed E-state index contributed by atoms with van der Waals surface area (Å²) in [5.74, 6) is -1.51. The van der Waals surface area contributed by atoms with E-state index in [4.69, 9.17) is 0 Å². The number of aliphatic hydroxyl groups is 1. The summed E-state index contributed by atoms with van der Waals surface area (Å²) in [4.78, 5) is 48.7. The average molecular weight is 647 g/mol. The second-order valence-corrected chi connectivity index (χ2v) is 14.2. The SMILES string of the molecule is C=CCN(CCCC)C(=O)C1N([C@@H](CO)Cc2ccccc2)C(=O)[C@@H]2[C@H](C(=O)N(CC=C)CCC)[C@H]3SC12CC3Br. The highest BCUT2D eigenvalue weighted by atomic mass is 79.9. The van der Waals surface area contributed by atoms with Gasteiger partial charge in [0.2, 0.25) is 17.7 Å². The predicted molar refractivity (Wildman–Crippen MR) is 169 cm³/mol. The number of hydrogen-bond donors (Lipinski definition) is 1. The Labute approximate surface area is 257 Å². The molecule has 2 bridgehead atoms. The molecule has 0 radical (unpaired) electrons. The maximum Gasteiger partial charge on any atom is 0.247 e. The van der Waals surface area contributed by atoms with Gasteiger partial charge < -0.3 is 19.8 Å². The third-order valence-electron chi connectivity index (χ3n) is 8.76. The number of halogens is 1. The number of likely N-dealkylation sites (tertiary alicyclic amines) is 1. The second-order valence-electron chi connectivity index (χ2n) is 11.4. The number of amides is 3. The summed E-state index contributed by atoms with van der Waals surface area (Å²) in [7, 11) is 0. The summed E-state index contributed by atoms with van der Waals surface area (Å²) < 4.78 is -0.755. The highest BCUT2D eigenvalue weighted by molar-refractivity contribution is 9.09. The van der Waals surface area contributed by atoms with Crippen LogP contribution in [0.2, 0.25) is 0 Å². The third kappa shape index (κ3) is 5.91. The van der Waals surface area contributed by atoms with Crippen molar-refractivity contribution in [3.63, 3.8) is 0 Å². The smallest absolute Gasteiger partial charge is 0.247 e. The van der Waals surface area contributed by atoms with E-state index in [0.717, 1.165) is 24.8 Å². The molecule has 1 aromatic carbocycles. The molecule has 41 heavy (non-hydrogen) atoms. The number of aliphatic hydroxyl groups excluding tert-OH is 1. The lowest BCUT2D eigenvalue weighted by Crippen LogP contribution is -2.58. The molecule has 3 heterocycles. The van der Waals surface area contributed by atoms with Gasteiger partial charge in [0.1, 0.15) is 6.04 Å². The van der Waals surface area contributed by atoms with Crippen LogP contribution in [0.15, 0.2) is 55.6 Å². The second kappa shape index (κ2) is 13.9. The van der Waals surface area contributed by atoms with E-state index in [2.05, 4.69) is 36.0 Å². The zero-order valence-electron chi connectivity index (χ0n) is 24.3. The Bertz CT molecular complexity index is 1120. The molecule has 1 N–H and O–H groups in total. The van der Waals surface area contributed by atoms with Crippen molar-refractivity contribution in [2.24, 2.45) is 11.8 Å². The van der Waals surface area contributed by atoms with E-state index in [9.17, 15) is 19.5 Å². The van der Waals surface area contributed by atoms with E-state index in [-0.39, 0.29) is 34.4 Å². The van der Waals surface area contributed by atoms with E-state index in [1.165, 1.54) is 0 Å². The third-order valence-corrected chi connectivity index (χ3v) is 12.0. The van der Waals surface area contributed by atoms with E-state index in [1.807, 2.05) is 42.2 Å². The lowest BCUT2D eigenvalue weighted by Gasteiger charge is -2.40. The molecule has 1 spiro atoms. The molecular formula is C32H44BrN3O4S. The molecule has 3 unspecified atom stereocenters. The normalized spacial score (nSPS) is 28.8. The number of hydrogen-bond acceptors (Lipinski definition) is 5. The molecule has 3 aliphatic heterocycles. The van der Waals surface area contributed by atoms with Crippen molar-refractivity contribution in [1.82, 2.24) is 14.7 Å². The molecule has 7 atom stereocenters. The first-order valence-corrected chi connectivity index (χ1v) is 16.7. The summed E-state index contributed by atoms with van der Waals surface area (Å²) in [6.07, 6.45) is 7.08. The van der Waals surface area contributed by atoms with Crippen molar-refractivity contribution in [3.05, 3.63) is 61.2 Å². The lowest BCUT2D eigenvalue weighted by molar-refractivity contribution is -0.147. The summed E-state index contributed by atoms with van der Waals surface area (Å²) in [6, 6.07) is 8.40. The highest BCUT2D eigenvalue weighted by Crippen LogP contribution is 2.68. The monoisotopic (exact) mass is 645 g/mol. The van der Waals surface area contributed by atoms with Crippen LogP contribution in [0.1, 0.15) is 45.1 Å². The number of alkyl halides is 1. The Morgan fingerprint density at radius 2 is 1.78 bits per heavy atom. The van der Waals surface area contributed by atoms with Crippen molar-refractivity contribution in [1.29, 1.82) is 0 Å². The summed E-state index contributed by atoms with van der Waals surface area (Å²) >= 11 is 5.51. The van der Waals surface area contributed by atoms with Gasteiger partial charge in [-0.1, -0.05) is 78.7 Å². The van der Waals surface area contributed by atoms with Gasteiger partial charge in [-0.15, -0.1) is 24.9 Å². The van der Waals surface area contributed by atoms with Crippen LogP contribution in [0.3, 0.4) is 0 Å². The molecule has 224 valence electrons. The Balaban J connectivity index is 1.81. The molecule has 0 saturated carbocycles. The van der Waals surface area contributed by atoms with Crippen LogP contribution in [0, 0.1) is 11.8 Å². The fraction of sp³-hybridized carbons (Fsp3) is 0.594. The Hall–Kier alpha value is -2.10. The summed E-state index contributed by atoms with van der Waals surface area (Å²) in [5.41, 5.74) is 0.983. The number of carbonyl (C=O) groups excluding carboxylic acids is 3. The van der Waals surface area contributed by atoms with Gasteiger partial charge in [-0.25, -0.2) is 0 Å². The standard InChI is InChI=1S/C32H44BrN3O4S/c1-5-9-18-35(17-8-4)31(40)28-32-20-24(33)27(41-32)25(29(38)34(15-6-2)16-7-3)26(32)30(39)36(28)23(21-37)19-22-13-11-10-12-14-22/h6,8,10-14,23-28,37H,2,4-5,7,9,15-21H2,1,3H3/t23-,24?,25+,26+,27+,28?,32?/m1/s1. The molecule has 0 aromatic heterocycles. The van der Waals surface area contributed by atoms with E-state index < -0.39 is 28.7 Å². The molecular weight excluding hydrogens is 602 g/mol. The molecule has 9 heteroatoms. The van der Waals surface area contributed by atoms with E-state index >= 15 is 0 Å². The van der Waals surface area contributed by atoms with Gasteiger partial charge in [0, 0.05) is 36.3 Å². The first-order valence-electron chi connectivity index (χ1n) is 14.9. The van der Waals surface area contributed by atoms with Crippen LogP contribution < -0.4 is 0 Å². The molecule has 7 nitrogen and oxygen atoms in total. The number of rotatable bonds is 15. The topological polar surface area (TPSA) is 81.2 Å².